The number of benzene rings is 3. The number of imidazole rings is 1. The number of H-pyrrole nitrogens is 1. The molecule has 0 aliphatic heterocycles. The molecule has 0 saturated heterocycles. The van der Waals surface area contributed by atoms with Gasteiger partial charge in [-0.3, -0.25) is 5.41 Å². The molecule has 47 heavy (non-hydrogen) atoms. The zero-order chi connectivity index (χ0) is 33.8. The zero-order valence-corrected chi connectivity index (χ0v) is 27.5. The third-order valence-electron chi connectivity index (χ3n) is 6.79. The van der Waals surface area contributed by atoms with E-state index in [0.29, 0.717) is 71.5 Å². The summed E-state index contributed by atoms with van der Waals surface area (Å²) in [4.78, 5) is 20.7. The highest BCUT2D eigenvalue weighted by Crippen LogP contribution is 2.42. The Labute approximate surface area is 274 Å². The van der Waals surface area contributed by atoms with Crippen LogP contribution in [0.4, 0.5) is 4.79 Å². The smallest absolute Gasteiger partial charge is 0.315 e. The van der Waals surface area contributed by atoms with Crippen molar-refractivity contribution in [1.29, 1.82) is 5.41 Å². The molecule has 2 amide bonds. The quantitative estimate of drug-likeness (QED) is 0.0467. The van der Waals surface area contributed by atoms with Crippen LogP contribution in [0, 0.1) is 5.41 Å². The first kappa shape index (κ1) is 35.2. The monoisotopic (exact) mass is 648 g/mol. The number of rotatable bonds is 17. The van der Waals surface area contributed by atoms with Crippen molar-refractivity contribution in [2.45, 2.75) is 32.9 Å². The molecular weight excluding hydrogens is 604 g/mol. The second kappa shape index (κ2) is 16.7. The molecule has 0 aliphatic carbocycles. The number of hydrogen-bond acceptors (Lipinski definition) is 9. The molecular formula is C34H44N6O7. The number of methoxy groups -OCH3 is 2. The van der Waals surface area contributed by atoms with Gasteiger partial charge in [-0.15, -0.1) is 0 Å². The van der Waals surface area contributed by atoms with Crippen LogP contribution in [0.5, 0.6) is 11.5 Å². The van der Waals surface area contributed by atoms with Crippen molar-refractivity contribution in [3.05, 3.63) is 65.7 Å². The van der Waals surface area contributed by atoms with Gasteiger partial charge in [-0.1, -0.05) is 18.2 Å². The Bertz CT molecular complexity index is 1650. The van der Waals surface area contributed by atoms with E-state index in [1.807, 2.05) is 63.2 Å². The number of aromatic nitrogens is 2. The summed E-state index contributed by atoms with van der Waals surface area (Å²) < 4.78 is 33.9. The minimum atomic E-state index is -0.377. The van der Waals surface area contributed by atoms with Crippen molar-refractivity contribution in [3.8, 4) is 34.0 Å². The number of nitrogen functional groups attached to an aromatic ring is 1. The third kappa shape index (κ3) is 10.1. The zero-order valence-electron chi connectivity index (χ0n) is 27.5. The van der Waals surface area contributed by atoms with Crippen LogP contribution in [0.2, 0.25) is 0 Å². The Balaban J connectivity index is 1.76. The van der Waals surface area contributed by atoms with Crippen molar-refractivity contribution < 1.29 is 33.2 Å². The number of para-hydroxylation sites is 1. The van der Waals surface area contributed by atoms with Crippen molar-refractivity contribution >= 4 is 22.9 Å². The van der Waals surface area contributed by atoms with Gasteiger partial charge < -0.3 is 49.8 Å². The number of nitrogens with one attached hydrogen (secondary N) is 4. The summed E-state index contributed by atoms with van der Waals surface area (Å²) in [6, 6.07) is 16.5. The number of fused-ring (bicyclic) bond motifs is 1. The number of amides is 2. The number of nitrogens with zero attached hydrogens (tertiary/aromatic N) is 1. The molecule has 0 spiro atoms. The van der Waals surface area contributed by atoms with Gasteiger partial charge in [-0.25, -0.2) is 9.78 Å². The largest absolute Gasteiger partial charge is 0.467 e. The Hall–Kier alpha value is -4.69. The highest BCUT2D eigenvalue weighted by Gasteiger charge is 2.21. The Morgan fingerprint density at radius 3 is 2.28 bits per heavy atom. The van der Waals surface area contributed by atoms with Gasteiger partial charge in [0.1, 0.15) is 23.2 Å². The van der Waals surface area contributed by atoms with E-state index in [1.165, 1.54) is 0 Å². The average molecular weight is 649 g/mol. The number of nitrogens with two attached hydrogens (primary N) is 1. The van der Waals surface area contributed by atoms with E-state index in [9.17, 15) is 4.79 Å². The van der Waals surface area contributed by atoms with Gasteiger partial charge in [-0.05, 0) is 62.7 Å². The van der Waals surface area contributed by atoms with Gasteiger partial charge in [0, 0.05) is 43.0 Å². The lowest BCUT2D eigenvalue weighted by Gasteiger charge is -2.21. The molecule has 13 nitrogen and oxygen atoms in total. The number of urea groups is 1. The molecule has 1 heterocycles. The minimum absolute atomic E-state index is 0.0000106. The van der Waals surface area contributed by atoms with Gasteiger partial charge in [0.25, 0.3) is 0 Å². The van der Waals surface area contributed by atoms with Crippen LogP contribution < -0.4 is 25.8 Å². The predicted octanol–water partition coefficient (Wildman–Crippen LogP) is 4.78. The van der Waals surface area contributed by atoms with Crippen molar-refractivity contribution in [3.63, 3.8) is 0 Å². The summed E-state index contributed by atoms with van der Waals surface area (Å²) in [7, 11) is 3.21. The Morgan fingerprint density at radius 1 is 0.894 bits per heavy atom. The second-order valence-electron chi connectivity index (χ2n) is 11.6. The highest BCUT2D eigenvalue weighted by atomic mass is 16.7. The predicted molar refractivity (Wildman–Crippen MR) is 180 cm³/mol. The fraction of sp³-hybridized carbons (Fsp3) is 0.382. The molecule has 0 saturated carbocycles. The molecule has 0 unspecified atom stereocenters. The summed E-state index contributed by atoms with van der Waals surface area (Å²) in [6.07, 6.45) is 0. The molecule has 252 valence electrons. The molecule has 3 aromatic carbocycles. The summed E-state index contributed by atoms with van der Waals surface area (Å²) in [5.41, 5.74) is 10.3. The number of carbonyl (C=O) groups excluding carboxylic acids is 1. The number of amidine groups is 1. The van der Waals surface area contributed by atoms with E-state index in [0.717, 1.165) is 11.1 Å². The normalized spacial score (nSPS) is 11.4. The molecule has 13 heteroatoms. The maximum absolute atomic E-state index is 12.5. The maximum atomic E-state index is 12.5. The van der Waals surface area contributed by atoms with E-state index < -0.39 is 0 Å². The van der Waals surface area contributed by atoms with E-state index in [2.05, 4.69) is 15.6 Å². The van der Waals surface area contributed by atoms with Gasteiger partial charge in [-0.2, -0.15) is 0 Å². The molecule has 6 N–H and O–H groups in total. The SMILES string of the molecule is COCCOCOc1ccc(CNC(=O)NC(C)(C)C)cc1-c1cccc(-c2nc3cc(C(=N)N)ccc3[nH]2)c1OCOCCOC. The van der Waals surface area contributed by atoms with Crippen LogP contribution in [0.1, 0.15) is 31.9 Å². The molecule has 0 aliphatic rings. The molecule has 0 atom stereocenters. The first-order chi connectivity index (χ1) is 22.6. The Kier molecular flexibility index (Phi) is 12.5. The number of carbonyl (C=O) groups is 1. The fourth-order valence-electron chi connectivity index (χ4n) is 4.59. The average Bonchev–Trinajstić information content (AvgIpc) is 3.46. The minimum Gasteiger partial charge on any atom is -0.467 e. The maximum Gasteiger partial charge on any atom is 0.315 e. The van der Waals surface area contributed by atoms with Crippen molar-refractivity contribution in [2.24, 2.45) is 5.73 Å². The topological polar surface area (TPSA) is 175 Å². The van der Waals surface area contributed by atoms with E-state index in [4.69, 9.17) is 44.5 Å². The van der Waals surface area contributed by atoms with E-state index >= 15 is 0 Å². The van der Waals surface area contributed by atoms with Crippen LogP contribution in [0.3, 0.4) is 0 Å². The number of aromatic amines is 1. The first-order valence-electron chi connectivity index (χ1n) is 15.2. The second-order valence-corrected chi connectivity index (χ2v) is 11.6. The van der Waals surface area contributed by atoms with Crippen LogP contribution in [-0.2, 0) is 25.5 Å². The van der Waals surface area contributed by atoms with Gasteiger partial charge in [0.15, 0.2) is 13.6 Å². The van der Waals surface area contributed by atoms with Crippen LogP contribution in [-0.4, -0.2) is 81.6 Å². The summed E-state index contributed by atoms with van der Waals surface area (Å²) in [5.74, 6) is 1.55. The van der Waals surface area contributed by atoms with E-state index in [-0.39, 0.29) is 37.5 Å². The summed E-state index contributed by atoms with van der Waals surface area (Å²) in [5, 5.41) is 13.6. The molecule has 0 radical (unpaired) electrons. The molecule has 1 aromatic heterocycles. The fourth-order valence-corrected chi connectivity index (χ4v) is 4.59. The molecule has 4 aromatic rings. The third-order valence-corrected chi connectivity index (χ3v) is 6.79. The van der Waals surface area contributed by atoms with Crippen LogP contribution in [0.15, 0.2) is 54.6 Å². The van der Waals surface area contributed by atoms with Crippen molar-refractivity contribution in [2.75, 3.05) is 54.2 Å². The summed E-state index contributed by atoms with van der Waals surface area (Å²) >= 11 is 0. The number of hydrogen-bond donors (Lipinski definition) is 5. The lowest BCUT2D eigenvalue weighted by Crippen LogP contribution is -2.46. The van der Waals surface area contributed by atoms with Crippen LogP contribution >= 0.6 is 0 Å². The standard InChI is InChI=1S/C34H44N6O7/c1-34(2,3)40-33(41)37-19-22-9-12-29(46-20-44-15-13-42-4)26(17-22)24-7-6-8-25(30(24)47-21-45-16-14-43-5)32-38-27-11-10-23(31(35)36)18-28(27)39-32/h6-12,17-18H,13-16,19-21H2,1-5H3,(H3,35,36)(H,38,39)(H2,37,40,41). The molecule has 4 rings (SSSR count). The highest BCUT2D eigenvalue weighted by molar-refractivity contribution is 5.98. The van der Waals surface area contributed by atoms with Gasteiger partial charge in [0.05, 0.1) is 43.0 Å². The lowest BCUT2D eigenvalue weighted by molar-refractivity contribution is -0.00901. The first-order valence-corrected chi connectivity index (χ1v) is 15.2. The van der Waals surface area contributed by atoms with Crippen LogP contribution in [0.25, 0.3) is 33.5 Å². The number of ether oxygens (including phenoxy) is 6. The van der Waals surface area contributed by atoms with E-state index in [1.54, 1.807) is 26.4 Å². The van der Waals surface area contributed by atoms with Crippen molar-refractivity contribution in [1.82, 2.24) is 20.6 Å². The molecule has 0 fully saturated rings. The van der Waals surface area contributed by atoms with Gasteiger partial charge >= 0.3 is 6.03 Å². The van der Waals surface area contributed by atoms with Gasteiger partial charge in [0.2, 0.25) is 0 Å². The molecule has 0 bridgehead atoms. The Morgan fingerprint density at radius 2 is 1.60 bits per heavy atom. The summed E-state index contributed by atoms with van der Waals surface area (Å²) in [6.45, 7) is 7.55. The lowest BCUT2D eigenvalue weighted by atomic mass is 9.98.